The van der Waals surface area contributed by atoms with Gasteiger partial charge in [0.2, 0.25) is 0 Å². The quantitative estimate of drug-likeness (QED) is 0.780. The zero-order chi connectivity index (χ0) is 17.2. The molecule has 1 aliphatic heterocycles. The van der Waals surface area contributed by atoms with E-state index in [9.17, 15) is 9.90 Å². The summed E-state index contributed by atoms with van der Waals surface area (Å²) in [6.45, 7) is 1.06. The lowest BCUT2D eigenvalue weighted by molar-refractivity contribution is 0.0259. The number of aliphatic hydroxyl groups is 1. The summed E-state index contributed by atoms with van der Waals surface area (Å²) in [6.07, 6.45) is 3.62. The van der Waals surface area contributed by atoms with E-state index in [4.69, 9.17) is 9.15 Å². The van der Waals surface area contributed by atoms with Gasteiger partial charge in [-0.1, -0.05) is 6.07 Å². The van der Waals surface area contributed by atoms with Crippen LogP contribution >= 0.6 is 0 Å². The fourth-order valence-electron chi connectivity index (χ4n) is 3.55. The number of ether oxygens (including phenoxy) is 1. The molecule has 1 aromatic heterocycles. The van der Waals surface area contributed by atoms with Gasteiger partial charge in [-0.05, 0) is 54.2 Å². The summed E-state index contributed by atoms with van der Waals surface area (Å²) in [5.74, 6) is 1.88. The molecule has 0 saturated heterocycles. The van der Waals surface area contributed by atoms with Gasteiger partial charge in [0, 0.05) is 6.42 Å². The molecule has 4 rings (SSSR count). The molecule has 132 valence electrons. The molecule has 0 radical (unpaired) electrons. The number of amides is 2. The highest BCUT2D eigenvalue weighted by Crippen LogP contribution is 2.39. The summed E-state index contributed by atoms with van der Waals surface area (Å²) in [5, 5.41) is 15.6. The SMILES string of the molecule is O=C(NCc1ccco1)N[C@@H](c1ccc2c(c1)CCO2)C1CC(O)C1. The Balaban J connectivity index is 1.45. The number of urea groups is 1. The topological polar surface area (TPSA) is 83.7 Å². The van der Waals surface area contributed by atoms with Gasteiger partial charge in [-0.25, -0.2) is 4.79 Å². The van der Waals surface area contributed by atoms with Crippen molar-refractivity contribution in [2.24, 2.45) is 5.92 Å². The molecule has 1 aromatic carbocycles. The number of furan rings is 1. The summed E-state index contributed by atoms with van der Waals surface area (Å²) in [4.78, 5) is 12.3. The summed E-state index contributed by atoms with van der Waals surface area (Å²) >= 11 is 0. The van der Waals surface area contributed by atoms with Crippen LogP contribution in [0.3, 0.4) is 0 Å². The average molecular weight is 342 g/mol. The number of carbonyl (C=O) groups excluding carboxylic acids is 1. The van der Waals surface area contributed by atoms with E-state index in [1.165, 1.54) is 5.56 Å². The fraction of sp³-hybridized carbons (Fsp3) is 0.421. The Morgan fingerprint density at radius 3 is 2.96 bits per heavy atom. The predicted molar refractivity (Wildman–Crippen MR) is 91.2 cm³/mol. The highest BCUT2D eigenvalue weighted by atomic mass is 16.5. The van der Waals surface area contributed by atoms with Gasteiger partial charge in [0.15, 0.2) is 0 Å². The number of fused-ring (bicyclic) bond motifs is 1. The smallest absolute Gasteiger partial charge is 0.315 e. The lowest BCUT2D eigenvalue weighted by Crippen LogP contribution is -2.44. The van der Waals surface area contributed by atoms with Crippen LogP contribution < -0.4 is 15.4 Å². The van der Waals surface area contributed by atoms with Crippen LogP contribution in [0.2, 0.25) is 0 Å². The van der Waals surface area contributed by atoms with Crippen LogP contribution in [0.4, 0.5) is 4.79 Å². The lowest BCUT2D eigenvalue weighted by atomic mass is 9.75. The van der Waals surface area contributed by atoms with E-state index < -0.39 is 0 Å². The standard InChI is InChI=1S/C19H22N2O4/c22-15-9-14(10-15)18(13-3-4-17-12(8-13)5-7-25-17)21-19(23)20-11-16-2-1-6-24-16/h1-4,6,8,14-15,18,22H,5,7,9-11H2,(H2,20,21,23)/t14?,15?,18-/m0/s1. The van der Waals surface area contributed by atoms with E-state index in [2.05, 4.69) is 16.7 Å². The van der Waals surface area contributed by atoms with Crippen LogP contribution in [0.25, 0.3) is 0 Å². The molecule has 25 heavy (non-hydrogen) atoms. The van der Waals surface area contributed by atoms with E-state index in [1.807, 2.05) is 18.2 Å². The molecule has 0 spiro atoms. The van der Waals surface area contributed by atoms with E-state index >= 15 is 0 Å². The molecule has 2 aliphatic rings. The van der Waals surface area contributed by atoms with Crippen LogP contribution in [0, 0.1) is 5.92 Å². The van der Waals surface area contributed by atoms with Gasteiger partial charge in [-0.15, -0.1) is 0 Å². The number of rotatable bonds is 5. The van der Waals surface area contributed by atoms with Crippen molar-refractivity contribution in [1.82, 2.24) is 10.6 Å². The highest BCUT2D eigenvalue weighted by Gasteiger charge is 2.36. The molecule has 6 heteroatoms. The van der Waals surface area contributed by atoms with Crippen molar-refractivity contribution in [2.45, 2.75) is 38.0 Å². The van der Waals surface area contributed by atoms with Crippen LogP contribution in [-0.2, 0) is 13.0 Å². The first-order valence-corrected chi connectivity index (χ1v) is 8.69. The monoisotopic (exact) mass is 342 g/mol. The molecule has 1 saturated carbocycles. The number of aliphatic hydroxyl groups excluding tert-OH is 1. The minimum Gasteiger partial charge on any atom is -0.493 e. The maximum Gasteiger partial charge on any atom is 0.315 e. The maximum absolute atomic E-state index is 12.3. The zero-order valence-electron chi connectivity index (χ0n) is 13.9. The maximum atomic E-state index is 12.3. The summed E-state index contributed by atoms with van der Waals surface area (Å²) in [6, 6.07) is 9.35. The largest absolute Gasteiger partial charge is 0.493 e. The molecular weight excluding hydrogens is 320 g/mol. The molecule has 3 N–H and O–H groups in total. The van der Waals surface area contributed by atoms with Crippen LogP contribution in [-0.4, -0.2) is 23.8 Å². The molecule has 6 nitrogen and oxygen atoms in total. The lowest BCUT2D eigenvalue weighted by Gasteiger charge is -2.38. The van der Waals surface area contributed by atoms with Crippen LogP contribution in [0.15, 0.2) is 41.0 Å². The van der Waals surface area contributed by atoms with Gasteiger partial charge in [-0.3, -0.25) is 0 Å². The Bertz CT molecular complexity index is 738. The van der Waals surface area contributed by atoms with Crippen molar-refractivity contribution in [3.05, 3.63) is 53.5 Å². The van der Waals surface area contributed by atoms with Crippen molar-refractivity contribution in [3.63, 3.8) is 0 Å². The third-order valence-electron chi connectivity index (χ3n) is 4.98. The second kappa shape index (κ2) is 6.80. The average Bonchev–Trinajstić information content (AvgIpc) is 3.25. The minimum absolute atomic E-state index is 0.120. The molecule has 1 atom stereocenters. The number of carbonyl (C=O) groups is 1. The molecule has 2 aromatic rings. The molecule has 2 amide bonds. The van der Waals surface area contributed by atoms with Gasteiger partial charge in [0.05, 0.1) is 31.6 Å². The zero-order valence-corrected chi connectivity index (χ0v) is 13.9. The Labute approximate surface area is 146 Å². The van der Waals surface area contributed by atoms with Crippen LogP contribution in [0.5, 0.6) is 5.75 Å². The molecule has 0 bridgehead atoms. The molecule has 1 fully saturated rings. The van der Waals surface area contributed by atoms with Gasteiger partial charge >= 0.3 is 6.03 Å². The van der Waals surface area contributed by atoms with Crippen LogP contribution in [0.1, 0.15) is 35.8 Å². The van der Waals surface area contributed by atoms with Gasteiger partial charge in [-0.2, -0.15) is 0 Å². The van der Waals surface area contributed by atoms with Crippen molar-refractivity contribution in [3.8, 4) is 5.75 Å². The predicted octanol–water partition coefficient (Wildman–Crippen LogP) is 2.53. The summed E-state index contributed by atoms with van der Waals surface area (Å²) < 4.78 is 10.8. The fourth-order valence-corrected chi connectivity index (χ4v) is 3.55. The third-order valence-corrected chi connectivity index (χ3v) is 4.98. The number of hydrogen-bond donors (Lipinski definition) is 3. The van der Waals surface area contributed by atoms with E-state index in [0.717, 1.165) is 17.7 Å². The number of nitrogens with one attached hydrogen (secondary N) is 2. The van der Waals surface area contributed by atoms with E-state index in [1.54, 1.807) is 12.3 Å². The molecule has 2 heterocycles. The minimum atomic E-state index is -0.266. The first kappa shape index (κ1) is 16.0. The Morgan fingerprint density at radius 2 is 2.20 bits per heavy atom. The Hall–Kier alpha value is -2.47. The van der Waals surface area contributed by atoms with Gasteiger partial charge < -0.3 is 24.9 Å². The van der Waals surface area contributed by atoms with E-state index in [-0.39, 0.29) is 24.1 Å². The second-order valence-corrected chi connectivity index (χ2v) is 6.73. The normalized spacial score (nSPS) is 22.4. The van der Waals surface area contributed by atoms with Crippen molar-refractivity contribution >= 4 is 6.03 Å². The van der Waals surface area contributed by atoms with Crippen molar-refractivity contribution in [1.29, 1.82) is 0 Å². The third kappa shape index (κ3) is 3.49. The first-order chi connectivity index (χ1) is 12.2. The Morgan fingerprint density at radius 1 is 1.32 bits per heavy atom. The highest BCUT2D eigenvalue weighted by molar-refractivity contribution is 5.74. The molecule has 0 unspecified atom stereocenters. The van der Waals surface area contributed by atoms with Crippen molar-refractivity contribution < 1.29 is 19.1 Å². The number of hydrogen-bond acceptors (Lipinski definition) is 4. The molecular formula is C19H22N2O4. The summed E-state index contributed by atoms with van der Waals surface area (Å²) in [7, 11) is 0. The van der Waals surface area contributed by atoms with E-state index in [0.29, 0.717) is 31.8 Å². The summed E-state index contributed by atoms with van der Waals surface area (Å²) in [5.41, 5.74) is 2.24. The van der Waals surface area contributed by atoms with Gasteiger partial charge in [0.1, 0.15) is 11.5 Å². The van der Waals surface area contributed by atoms with Gasteiger partial charge in [0.25, 0.3) is 0 Å². The Kier molecular flexibility index (Phi) is 4.36. The number of benzene rings is 1. The second-order valence-electron chi connectivity index (χ2n) is 6.73. The van der Waals surface area contributed by atoms with Crippen molar-refractivity contribution in [2.75, 3.05) is 6.61 Å². The first-order valence-electron chi connectivity index (χ1n) is 8.69. The molecule has 1 aliphatic carbocycles.